The van der Waals surface area contributed by atoms with Crippen molar-refractivity contribution in [3.05, 3.63) is 89.1 Å². The number of carbonyl (C=O) groups is 1. The minimum atomic E-state index is -0.858. The summed E-state index contributed by atoms with van der Waals surface area (Å²) in [5, 5.41) is 11.5. The molecule has 182 valence electrons. The lowest BCUT2D eigenvalue weighted by Crippen LogP contribution is -2.39. The van der Waals surface area contributed by atoms with Crippen LogP contribution in [0.3, 0.4) is 0 Å². The van der Waals surface area contributed by atoms with Crippen molar-refractivity contribution in [1.82, 2.24) is 19.5 Å². The third-order valence-corrected chi connectivity index (χ3v) is 7.52. The first-order valence-electron chi connectivity index (χ1n) is 12.6. The fourth-order valence-electron chi connectivity index (χ4n) is 5.80. The molecule has 0 spiro atoms. The molecule has 0 unspecified atom stereocenters. The Hall–Kier alpha value is -3.71. The van der Waals surface area contributed by atoms with E-state index in [0.29, 0.717) is 31.6 Å². The molecule has 1 fully saturated rings. The van der Waals surface area contributed by atoms with Crippen LogP contribution in [0.2, 0.25) is 0 Å². The molecule has 36 heavy (non-hydrogen) atoms. The van der Waals surface area contributed by atoms with E-state index in [2.05, 4.69) is 15.0 Å². The third kappa shape index (κ3) is 4.35. The topological polar surface area (TPSA) is 93.3 Å². The van der Waals surface area contributed by atoms with Gasteiger partial charge in [-0.3, -0.25) is 14.8 Å². The van der Waals surface area contributed by atoms with E-state index in [1.165, 1.54) is 0 Å². The zero-order chi connectivity index (χ0) is 24.7. The van der Waals surface area contributed by atoms with Crippen molar-refractivity contribution in [1.29, 1.82) is 0 Å². The Labute approximate surface area is 210 Å². The van der Waals surface area contributed by atoms with E-state index in [1.807, 2.05) is 54.0 Å². The molecule has 2 aliphatic rings. The Kier molecular flexibility index (Phi) is 5.72. The van der Waals surface area contributed by atoms with Crippen LogP contribution in [-0.2, 0) is 13.1 Å². The molecule has 1 saturated carbocycles. The molecule has 0 bridgehead atoms. The first-order valence-corrected chi connectivity index (χ1v) is 12.6. The minimum absolute atomic E-state index is 0.126. The SMILES string of the molecule is Cc1cc(C2=NCc3ccc(C(=O)C[C@@H]4CCC[C@](O)(Cn5cnc6ncccc65)C4)cc32)ccn1. The number of rotatable bonds is 6. The molecule has 0 radical (unpaired) electrons. The van der Waals surface area contributed by atoms with Gasteiger partial charge in [-0.25, -0.2) is 9.97 Å². The fraction of sp³-hybridized carbons (Fsp3) is 0.345. The normalized spacial score (nSPS) is 21.4. The van der Waals surface area contributed by atoms with Crippen LogP contribution < -0.4 is 0 Å². The summed E-state index contributed by atoms with van der Waals surface area (Å²) in [4.78, 5) is 31.0. The van der Waals surface area contributed by atoms with Crippen molar-refractivity contribution >= 4 is 22.7 Å². The fourth-order valence-corrected chi connectivity index (χ4v) is 5.80. The van der Waals surface area contributed by atoms with Crippen LogP contribution in [0.15, 0.2) is 66.2 Å². The van der Waals surface area contributed by atoms with Crippen LogP contribution in [0.5, 0.6) is 0 Å². The van der Waals surface area contributed by atoms with Gasteiger partial charge < -0.3 is 9.67 Å². The standard InChI is InChI=1S/C29H29N5O2/c1-19-12-22(8-11-30-19)27-24-14-21(6-7-23(24)16-32-27)26(35)13-20-4-2-9-29(36,15-20)17-34-18-33-28-25(34)5-3-10-31-28/h3,5-8,10-12,14,18,20,36H,2,4,9,13,15-17H2,1H3/t20-,29+/m0/s1. The smallest absolute Gasteiger partial charge is 0.177 e. The molecule has 4 aromatic rings. The minimum Gasteiger partial charge on any atom is -0.388 e. The maximum atomic E-state index is 13.4. The van der Waals surface area contributed by atoms with Crippen molar-refractivity contribution in [2.24, 2.45) is 10.9 Å². The largest absolute Gasteiger partial charge is 0.388 e. The van der Waals surface area contributed by atoms with Gasteiger partial charge in [0.15, 0.2) is 11.4 Å². The molecule has 6 rings (SSSR count). The summed E-state index contributed by atoms with van der Waals surface area (Å²) in [5.41, 5.74) is 6.55. The van der Waals surface area contributed by atoms with Gasteiger partial charge in [0.05, 0.1) is 36.2 Å². The molecule has 2 atom stereocenters. The van der Waals surface area contributed by atoms with Crippen molar-refractivity contribution in [2.75, 3.05) is 0 Å². The third-order valence-electron chi connectivity index (χ3n) is 7.52. The molecular formula is C29H29N5O2. The van der Waals surface area contributed by atoms with Gasteiger partial charge in [0, 0.05) is 41.2 Å². The summed E-state index contributed by atoms with van der Waals surface area (Å²) in [5.74, 6) is 0.273. The number of pyridine rings is 2. The molecule has 0 saturated heterocycles. The van der Waals surface area contributed by atoms with Gasteiger partial charge in [-0.2, -0.15) is 0 Å². The molecule has 1 aliphatic carbocycles. The van der Waals surface area contributed by atoms with E-state index in [1.54, 1.807) is 18.7 Å². The first kappa shape index (κ1) is 22.7. The summed E-state index contributed by atoms with van der Waals surface area (Å²) < 4.78 is 1.98. The van der Waals surface area contributed by atoms with Gasteiger partial charge in [-0.05, 0) is 68.0 Å². The van der Waals surface area contributed by atoms with Crippen LogP contribution in [0.25, 0.3) is 11.2 Å². The predicted octanol–water partition coefficient (Wildman–Crippen LogP) is 4.68. The average molecular weight is 480 g/mol. The number of benzene rings is 1. The number of aryl methyl sites for hydroxylation is 1. The summed E-state index contributed by atoms with van der Waals surface area (Å²) in [6.45, 7) is 3.07. The highest BCUT2D eigenvalue weighted by Crippen LogP contribution is 2.37. The van der Waals surface area contributed by atoms with Gasteiger partial charge in [0.2, 0.25) is 0 Å². The number of hydrogen-bond donors (Lipinski definition) is 1. The number of hydrogen-bond acceptors (Lipinski definition) is 6. The molecular weight excluding hydrogens is 450 g/mol. The summed E-state index contributed by atoms with van der Waals surface area (Å²) in [6, 6.07) is 13.8. The molecule has 3 aromatic heterocycles. The predicted molar refractivity (Wildman–Crippen MR) is 138 cm³/mol. The zero-order valence-electron chi connectivity index (χ0n) is 20.4. The molecule has 0 amide bonds. The Morgan fingerprint density at radius 3 is 2.94 bits per heavy atom. The number of ketones is 1. The van der Waals surface area contributed by atoms with Crippen molar-refractivity contribution in [2.45, 2.75) is 57.7 Å². The lowest BCUT2D eigenvalue weighted by Gasteiger charge is -2.37. The van der Waals surface area contributed by atoms with Crippen molar-refractivity contribution < 1.29 is 9.90 Å². The monoisotopic (exact) mass is 479 g/mol. The van der Waals surface area contributed by atoms with Gasteiger partial charge in [-0.1, -0.05) is 18.6 Å². The summed E-state index contributed by atoms with van der Waals surface area (Å²) in [7, 11) is 0. The van der Waals surface area contributed by atoms with Gasteiger partial charge >= 0.3 is 0 Å². The number of fused-ring (bicyclic) bond motifs is 2. The highest BCUT2D eigenvalue weighted by molar-refractivity contribution is 6.16. The Balaban J connectivity index is 1.17. The van der Waals surface area contributed by atoms with Crippen LogP contribution in [0.1, 0.15) is 64.8 Å². The second-order valence-corrected chi connectivity index (χ2v) is 10.3. The van der Waals surface area contributed by atoms with E-state index in [0.717, 1.165) is 58.4 Å². The summed E-state index contributed by atoms with van der Waals surface area (Å²) >= 11 is 0. The van der Waals surface area contributed by atoms with E-state index in [-0.39, 0.29) is 11.7 Å². The number of aliphatic hydroxyl groups is 1. The zero-order valence-corrected chi connectivity index (χ0v) is 20.4. The lowest BCUT2D eigenvalue weighted by atomic mass is 9.75. The Morgan fingerprint density at radius 1 is 1.14 bits per heavy atom. The molecule has 7 heteroatoms. The highest BCUT2D eigenvalue weighted by Gasteiger charge is 2.36. The van der Waals surface area contributed by atoms with Crippen LogP contribution >= 0.6 is 0 Å². The number of carbonyl (C=O) groups excluding carboxylic acids is 1. The number of nitrogens with zero attached hydrogens (tertiary/aromatic N) is 5. The maximum Gasteiger partial charge on any atom is 0.177 e. The second-order valence-electron chi connectivity index (χ2n) is 10.3. The molecule has 4 heterocycles. The lowest BCUT2D eigenvalue weighted by molar-refractivity contribution is -0.0294. The number of Topliss-reactive ketones (excluding diaryl/α,β-unsaturated/α-hetero) is 1. The molecule has 1 N–H and O–H groups in total. The molecule has 7 nitrogen and oxygen atoms in total. The van der Waals surface area contributed by atoms with Gasteiger partial charge in [0.1, 0.15) is 0 Å². The Bertz CT molecular complexity index is 1490. The van der Waals surface area contributed by atoms with Gasteiger partial charge in [-0.15, -0.1) is 0 Å². The van der Waals surface area contributed by atoms with E-state index < -0.39 is 5.60 Å². The van der Waals surface area contributed by atoms with Crippen LogP contribution in [0, 0.1) is 12.8 Å². The molecule has 1 aliphatic heterocycles. The number of imidazole rings is 1. The second kappa shape index (κ2) is 9.06. The van der Waals surface area contributed by atoms with Gasteiger partial charge in [0.25, 0.3) is 0 Å². The average Bonchev–Trinajstić information content (AvgIpc) is 3.48. The first-order chi connectivity index (χ1) is 17.5. The number of aromatic nitrogens is 4. The van der Waals surface area contributed by atoms with E-state index in [9.17, 15) is 9.90 Å². The van der Waals surface area contributed by atoms with E-state index in [4.69, 9.17) is 4.99 Å². The summed E-state index contributed by atoms with van der Waals surface area (Å²) in [6.07, 6.45) is 8.90. The van der Waals surface area contributed by atoms with Crippen LogP contribution in [0.4, 0.5) is 0 Å². The van der Waals surface area contributed by atoms with E-state index >= 15 is 0 Å². The Morgan fingerprint density at radius 2 is 2.06 bits per heavy atom. The molecule has 1 aromatic carbocycles. The quantitative estimate of drug-likeness (QED) is 0.405. The highest BCUT2D eigenvalue weighted by atomic mass is 16.3. The maximum absolute atomic E-state index is 13.4. The van der Waals surface area contributed by atoms with Crippen molar-refractivity contribution in [3.8, 4) is 0 Å². The van der Waals surface area contributed by atoms with Crippen LogP contribution in [-0.4, -0.2) is 41.7 Å². The number of aliphatic imine (C=N–C) groups is 1. The van der Waals surface area contributed by atoms with Crippen molar-refractivity contribution in [3.63, 3.8) is 0 Å².